The van der Waals surface area contributed by atoms with Crippen LogP contribution in [0.1, 0.15) is 25.7 Å². The molecule has 1 N–H and O–H groups in total. The number of hydrogen-bond acceptors (Lipinski definition) is 7. The van der Waals surface area contributed by atoms with E-state index in [1.807, 2.05) is 13.0 Å². The van der Waals surface area contributed by atoms with Crippen molar-refractivity contribution < 1.29 is 22.6 Å². The van der Waals surface area contributed by atoms with E-state index in [4.69, 9.17) is 14.2 Å². The number of benzene rings is 2. The van der Waals surface area contributed by atoms with Crippen LogP contribution in [-0.4, -0.2) is 37.4 Å². The summed E-state index contributed by atoms with van der Waals surface area (Å²) in [7, 11) is -0.816. The van der Waals surface area contributed by atoms with Crippen LogP contribution >= 0.6 is 0 Å². The quantitative estimate of drug-likeness (QED) is 0.554. The van der Waals surface area contributed by atoms with Gasteiger partial charge in [-0.05, 0) is 38.1 Å². The lowest BCUT2D eigenvalue weighted by Gasteiger charge is -2.16. The normalized spacial score (nSPS) is 12.4. The third-order valence-electron chi connectivity index (χ3n) is 4.38. The molecule has 3 rings (SSSR count). The van der Waals surface area contributed by atoms with E-state index < -0.39 is 16.1 Å². The Labute approximate surface area is 175 Å². The van der Waals surface area contributed by atoms with E-state index in [0.29, 0.717) is 35.6 Å². The second-order valence-corrected chi connectivity index (χ2v) is 8.07. The minimum Gasteiger partial charge on any atom is -0.493 e. The molecule has 0 aliphatic rings. The first-order chi connectivity index (χ1) is 14.4. The van der Waals surface area contributed by atoms with Crippen LogP contribution in [-0.2, 0) is 16.6 Å². The highest BCUT2D eigenvalue weighted by molar-refractivity contribution is 7.89. The molecule has 0 bridgehead atoms. The summed E-state index contributed by atoms with van der Waals surface area (Å²) in [4.78, 5) is 0.0660. The van der Waals surface area contributed by atoms with Gasteiger partial charge in [0.15, 0.2) is 17.3 Å². The molecule has 30 heavy (non-hydrogen) atoms. The van der Waals surface area contributed by atoms with Gasteiger partial charge in [-0.3, -0.25) is 4.57 Å². The third kappa shape index (κ3) is 4.55. The topological polar surface area (TPSA) is 105 Å². The molecule has 160 valence electrons. The summed E-state index contributed by atoms with van der Waals surface area (Å²) in [6, 6.07) is 13.1. The van der Waals surface area contributed by atoms with Crippen molar-refractivity contribution in [2.45, 2.75) is 31.3 Å². The van der Waals surface area contributed by atoms with E-state index in [1.165, 1.54) is 19.2 Å². The molecule has 0 saturated carbocycles. The van der Waals surface area contributed by atoms with Crippen LogP contribution in [0.2, 0.25) is 0 Å². The summed E-state index contributed by atoms with van der Waals surface area (Å²) in [6.07, 6.45) is 0. The zero-order valence-electron chi connectivity index (χ0n) is 17.2. The lowest BCUT2D eigenvalue weighted by Crippen LogP contribution is -2.29. The van der Waals surface area contributed by atoms with Crippen molar-refractivity contribution in [2.75, 3.05) is 14.2 Å². The van der Waals surface area contributed by atoms with Crippen molar-refractivity contribution in [1.29, 1.82) is 0 Å². The number of nitrogens with zero attached hydrogens (tertiary/aromatic N) is 3. The fourth-order valence-corrected chi connectivity index (χ4v) is 4.19. The highest BCUT2D eigenvalue weighted by Gasteiger charge is 2.24. The molecule has 0 amide bonds. The van der Waals surface area contributed by atoms with Crippen LogP contribution in [0.3, 0.4) is 0 Å². The van der Waals surface area contributed by atoms with Crippen molar-refractivity contribution in [2.24, 2.45) is 0 Å². The average Bonchev–Trinajstić information content (AvgIpc) is 3.17. The van der Waals surface area contributed by atoms with Gasteiger partial charge in [0, 0.05) is 12.6 Å². The Hall–Kier alpha value is -3.11. The molecule has 9 nitrogen and oxygen atoms in total. The van der Waals surface area contributed by atoms with Crippen LogP contribution in [0.15, 0.2) is 53.4 Å². The number of hydrogen-bond donors (Lipinski definition) is 1. The highest BCUT2D eigenvalue weighted by atomic mass is 32.2. The standard InChI is InChI=1S/C20H24N4O5S/c1-5-24-19(21-22-20(24)28-4)14(2)23-30(25,26)16-10-8-9-15(13-16)29-18-12-7-6-11-17(18)27-3/h6-14,23H,5H2,1-4H3/t14-/m1/s1. The first-order valence-corrected chi connectivity index (χ1v) is 10.8. The maximum atomic E-state index is 12.9. The van der Waals surface area contributed by atoms with Gasteiger partial charge in [0.2, 0.25) is 10.0 Å². The second-order valence-electron chi connectivity index (χ2n) is 6.36. The molecule has 0 saturated heterocycles. The molecule has 0 fully saturated rings. The Bertz CT molecular complexity index is 1110. The number of para-hydroxylation sites is 2. The maximum absolute atomic E-state index is 12.9. The van der Waals surface area contributed by atoms with Crippen molar-refractivity contribution in [1.82, 2.24) is 19.5 Å². The molecule has 1 atom stereocenters. The summed E-state index contributed by atoms with van der Waals surface area (Å²) in [5.74, 6) is 1.86. The zero-order chi connectivity index (χ0) is 21.7. The minimum absolute atomic E-state index is 0.0660. The van der Waals surface area contributed by atoms with Crippen LogP contribution in [0.5, 0.6) is 23.3 Å². The van der Waals surface area contributed by atoms with Crippen LogP contribution < -0.4 is 18.9 Å². The first kappa shape index (κ1) is 21.6. The number of rotatable bonds is 9. The van der Waals surface area contributed by atoms with Gasteiger partial charge in [-0.15, -0.1) is 5.10 Å². The Morgan fingerprint density at radius 1 is 1.03 bits per heavy atom. The highest BCUT2D eigenvalue weighted by Crippen LogP contribution is 2.32. The van der Waals surface area contributed by atoms with Crippen molar-refractivity contribution in [3.8, 4) is 23.3 Å². The Morgan fingerprint density at radius 2 is 1.77 bits per heavy atom. The van der Waals surface area contributed by atoms with E-state index in [2.05, 4.69) is 14.9 Å². The summed E-state index contributed by atoms with van der Waals surface area (Å²) in [6.45, 7) is 4.14. The van der Waals surface area contributed by atoms with E-state index >= 15 is 0 Å². The average molecular weight is 433 g/mol. The van der Waals surface area contributed by atoms with Gasteiger partial charge in [-0.25, -0.2) is 13.1 Å². The van der Waals surface area contributed by atoms with E-state index in [-0.39, 0.29) is 4.90 Å². The molecule has 0 aliphatic carbocycles. The predicted molar refractivity (Wildman–Crippen MR) is 110 cm³/mol. The summed E-state index contributed by atoms with van der Waals surface area (Å²) in [5.41, 5.74) is 0. The molecule has 0 unspecified atom stereocenters. The maximum Gasteiger partial charge on any atom is 0.316 e. The number of ether oxygens (including phenoxy) is 3. The fourth-order valence-electron chi connectivity index (χ4n) is 2.96. The molecular formula is C20H24N4O5S. The zero-order valence-corrected chi connectivity index (χ0v) is 18.0. The SMILES string of the molecule is CCn1c(OC)nnc1[C@@H](C)NS(=O)(=O)c1cccc(Oc2ccccc2OC)c1. The van der Waals surface area contributed by atoms with Gasteiger partial charge in [0.1, 0.15) is 5.75 Å². The lowest BCUT2D eigenvalue weighted by atomic mass is 10.3. The van der Waals surface area contributed by atoms with E-state index in [9.17, 15) is 8.42 Å². The first-order valence-electron chi connectivity index (χ1n) is 9.30. The summed E-state index contributed by atoms with van der Waals surface area (Å²) in [5, 5.41) is 7.98. The summed E-state index contributed by atoms with van der Waals surface area (Å²) >= 11 is 0. The van der Waals surface area contributed by atoms with E-state index in [0.717, 1.165) is 0 Å². The number of nitrogens with one attached hydrogen (secondary N) is 1. The van der Waals surface area contributed by atoms with Crippen LogP contribution in [0.25, 0.3) is 0 Å². The largest absolute Gasteiger partial charge is 0.493 e. The Morgan fingerprint density at radius 3 is 2.43 bits per heavy atom. The van der Waals surface area contributed by atoms with Crippen molar-refractivity contribution in [3.05, 3.63) is 54.4 Å². The molecule has 0 spiro atoms. The van der Waals surface area contributed by atoms with Gasteiger partial charge in [0.05, 0.1) is 25.2 Å². The van der Waals surface area contributed by atoms with Gasteiger partial charge >= 0.3 is 6.01 Å². The number of aromatic nitrogens is 3. The van der Waals surface area contributed by atoms with E-state index in [1.54, 1.807) is 48.9 Å². The minimum atomic E-state index is -3.84. The molecule has 2 aromatic carbocycles. The van der Waals surface area contributed by atoms with Crippen LogP contribution in [0, 0.1) is 0 Å². The molecule has 0 radical (unpaired) electrons. The fraction of sp³-hybridized carbons (Fsp3) is 0.300. The smallest absolute Gasteiger partial charge is 0.316 e. The third-order valence-corrected chi connectivity index (χ3v) is 5.91. The molecule has 0 aliphatic heterocycles. The Kier molecular flexibility index (Phi) is 6.58. The van der Waals surface area contributed by atoms with Gasteiger partial charge in [0.25, 0.3) is 0 Å². The Balaban J connectivity index is 1.83. The van der Waals surface area contributed by atoms with Gasteiger partial charge < -0.3 is 14.2 Å². The molecule has 3 aromatic rings. The number of sulfonamides is 1. The second kappa shape index (κ2) is 9.14. The number of methoxy groups -OCH3 is 2. The van der Waals surface area contributed by atoms with Crippen molar-refractivity contribution in [3.63, 3.8) is 0 Å². The van der Waals surface area contributed by atoms with Crippen molar-refractivity contribution >= 4 is 10.0 Å². The lowest BCUT2D eigenvalue weighted by molar-refractivity contribution is 0.354. The molecular weight excluding hydrogens is 408 g/mol. The molecule has 1 aromatic heterocycles. The molecule has 10 heteroatoms. The summed E-state index contributed by atoms with van der Waals surface area (Å²) < 4.78 is 46.5. The van der Waals surface area contributed by atoms with Crippen LogP contribution in [0.4, 0.5) is 0 Å². The predicted octanol–water partition coefficient (Wildman–Crippen LogP) is 3.15. The molecule has 1 heterocycles. The monoisotopic (exact) mass is 432 g/mol. The van der Waals surface area contributed by atoms with Gasteiger partial charge in [-0.1, -0.05) is 23.3 Å². The van der Waals surface area contributed by atoms with Gasteiger partial charge in [-0.2, -0.15) is 0 Å².